The van der Waals surface area contributed by atoms with Gasteiger partial charge in [-0.3, -0.25) is 14.5 Å². The summed E-state index contributed by atoms with van der Waals surface area (Å²) in [6.07, 6.45) is 0.843. The summed E-state index contributed by atoms with van der Waals surface area (Å²) in [7, 11) is 1.97. The number of hydrogen-bond donors (Lipinski definition) is 1. The summed E-state index contributed by atoms with van der Waals surface area (Å²) in [4.78, 5) is 17.9. The molecular formula is C18H21N5OS. The number of benzene rings is 1. The predicted molar refractivity (Wildman–Crippen MR) is 101 cm³/mol. The highest BCUT2D eigenvalue weighted by molar-refractivity contribution is 8.12. The Morgan fingerprint density at radius 3 is 3.04 bits per heavy atom. The minimum atomic E-state index is 0.112. The maximum atomic E-state index is 11.7. The van der Waals surface area contributed by atoms with Crippen LogP contribution in [0.5, 0.6) is 0 Å². The van der Waals surface area contributed by atoms with Crippen LogP contribution in [0.15, 0.2) is 29.3 Å². The van der Waals surface area contributed by atoms with E-state index in [1.165, 1.54) is 11.3 Å². The maximum absolute atomic E-state index is 11.7. The highest BCUT2D eigenvalue weighted by Gasteiger charge is 2.25. The molecule has 1 aromatic heterocycles. The van der Waals surface area contributed by atoms with Crippen LogP contribution in [-0.4, -0.2) is 39.2 Å². The number of amides is 1. The van der Waals surface area contributed by atoms with Crippen LogP contribution in [0.25, 0.3) is 0 Å². The number of nitrogens with one attached hydrogen (secondary N) is 1. The van der Waals surface area contributed by atoms with Crippen molar-refractivity contribution in [3.05, 3.63) is 41.1 Å². The van der Waals surface area contributed by atoms with Gasteiger partial charge in [0.05, 0.1) is 23.9 Å². The van der Waals surface area contributed by atoms with Gasteiger partial charge in [0.25, 0.3) is 0 Å². The quantitative estimate of drug-likeness (QED) is 0.920. The number of aromatic nitrogens is 2. The van der Waals surface area contributed by atoms with Crippen molar-refractivity contribution in [1.29, 1.82) is 0 Å². The van der Waals surface area contributed by atoms with Gasteiger partial charge in [0.1, 0.15) is 0 Å². The van der Waals surface area contributed by atoms with Crippen LogP contribution >= 0.6 is 11.8 Å². The number of aryl methyl sites for hydroxylation is 1. The van der Waals surface area contributed by atoms with E-state index in [1.54, 1.807) is 18.7 Å². The van der Waals surface area contributed by atoms with Crippen LogP contribution in [0.3, 0.4) is 0 Å². The molecule has 2 aliphatic heterocycles. The Kier molecular flexibility index (Phi) is 4.25. The Bertz CT molecular complexity index is 836. The maximum Gasteiger partial charge on any atom is 0.219 e. The summed E-state index contributed by atoms with van der Waals surface area (Å²) in [6.45, 7) is 3.84. The third kappa shape index (κ3) is 3.16. The number of hydrogen-bond acceptors (Lipinski definition) is 5. The molecule has 1 atom stereocenters. The van der Waals surface area contributed by atoms with Gasteiger partial charge >= 0.3 is 0 Å². The molecular weight excluding hydrogens is 334 g/mol. The summed E-state index contributed by atoms with van der Waals surface area (Å²) < 4.78 is 1.93. The molecule has 2 aromatic rings. The second-order valence-electron chi connectivity index (χ2n) is 6.43. The first-order valence-corrected chi connectivity index (χ1v) is 9.37. The number of anilines is 2. The van der Waals surface area contributed by atoms with Crippen LogP contribution in [0.4, 0.5) is 11.5 Å². The van der Waals surface area contributed by atoms with Gasteiger partial charge in [0.2, 0.25) is 5.91 Å². The van der Waals surface area contributed by atoms with Gasteiger partial charge in [0, 0.05) is 43.9 Å². The normalized spacial score (nSPS) is 19.1. The highest BCUT2D eigenvalue weighted by Crippen LogP contribution is 2.34. The monoisotopic (exact) mass is 355 g/mol. The molecule has 0 bridgehead atoms. The molecule has 0 fully saturated rings. The lowest BCUT2D eigenvalue weighted by Gasteiger charge is -2.26. The van der Waals surface area contributed by atoms with Crippen molar-refractivity contribution >= 4 is 34.7 Å². The van der Waals surface area contributed by atoms with Crippen molar-refractivity contribution in [1.82, 2.24) is 14.7 Å². The zero-order valence-corrected chi connectivity index (χ0v) is 15.2. The van der Waals surface area contributed by atoms with Crippen molar-refractivity contribution in [2.75, 3.05) is 18.4 Å². The molecule has 0 radical (unpaired) electrons. The Morgan fingerprint density at radius 2 is 2.28 bits per heavy atom. The lowest BCUT2D eigenvalue weighted by atomic mass is 10.1. The molecule has 0 spiro atoms. The Balaban J connectivity index is 1.59. The van der Waals surface area contributed by atoms with Crippen LogP contribution in [0.1, 0.15) is 29.0 Å². The average molecular weight is 355 g/mol. The van der Waals surface area contributed by atoms with E-state index < -0.39 is 0 Å². The van der Waals surface area contributed by atoms with E-state index >= 15 is 0 Å². The van der Waals surface area contributed by atoms with Crippen LogP contribution in [0, 0.1) is 0 Å². The summed E-state index contributed by atoms with van der Waals surface area (Å²) >= 11 is 1.76. The number of thioether (sulfide) groups is 1. The van der Waals surface area contributed by atoms with Gasteiger partial charge in [-0.1, -0.05) is 12.1 Å². The molecule has 130 valence electrons. The van der Waals surface area contributed by atoms with Crippen molar-refractivity contribution in [3.8, 4) is 0 Å². The molecule has 0 saturated carbocycles. The van der Waals surface area contributed by atoms with E-state index in [-0.39, 0.29) is 5.91 Å². The molecule has 0 aliphatic carbocycles. The Labute approximate surface area is 151 Å². The smallest absolute Gasteiger partial charge is 0.219 e. The molecule has 1 amide bonds. The van der Waals surface area contributed by atoms with Crippen LogP contribution < -0.4 is 5.32 Å². The zero-order chi connectivity index (χ0) is 17.4. The lowest BCUT2D eigenvalue weighted by Crippen LogP contribution is -2.34. The second-order valence-corrected chi connectivity index (χ2v) is 7.49. The molecule has 1 unspecified atom stereocenters. The van der Waals surface area contributed by atoms with E-state index in [2.05, 4.69) is 39.7 Å². The van der Waals surface area contributed by atoms with Gasteiger partial charge in [0.15, 0.2) is 5.82 Å². The number of fused-ring (bicyclic) bond motifs is 1. The molecule has 1 aromatic carbocycles. The van der Waals surface area contributed by atoms with Crippen molar-refractivity contribution in [2.45, 2.75) is 25.1 Å². The molecule has 4 rings (SSSR count). The third-order valence-corrected chi connectivity index (χ3v) is 5.80. The number of rotatable bonds is 3. The zero-order valence-electron chi connectivity index (χ0n) is 14.4. The number of carbonyl (C=O) groups excluding carboxylic acids is 1. The van der Waals surface area contributed by atoms with Crippen molar-refractivity contribution < 1.29 is 4.79 Å². The van der Waals surface area contributed by atoms with E-state index in [9.17, 15) is 4.79 Å². The largest absolute Gasteiger partial charge is 0.338 e. The highest BCUT2D eigenvalue weighted by atomic mass is 32.2. The predicted octanol–water partition coefficient (Wildman–Crippen LogP) is 2.88. The summed E-state index contributed by atoms with van der Waals surface area (Å²) in [5, 5.41) is 8.50. The Morgan fingerprint density at radius 1 is 1.40 bits per heavy atom. The minimum Gasteiger partial charge on any atom is -0.338 e. The number of nitrogens with zero attached hydrogens (tertiary/aromatic N) is 4. The standard InChI is InChI=1S/C18H21N5OS/c1-12(24)23-7-6-16-15(10-23)18(21-22(16)2)20-14-5-3-4-13(8-14)17-9-19-11-25-17/h3-5,8,11,17H,6-7,9-10H2,1-2H3,(H,20,21). The van der Waals surface area contributed by atoms with Gasteiger partial charge in [-0.2, -0.15) is 5.10 Å². The van der Waals surface area contributed by atoms with Crippen molar-refractivity contribution in [3.63, 3.8) is 0 Å². The molecule has 0 saturated heterocycles. The molecule has 25 heavy (non-hydrogen) atoms. The van der Waals surface area contributed by atoms with Gasteiger partial charge in [-0.05, 0) is 17.7 Å². The van der Waals surface area contributed by atoms with Crippen LogP contribution in [0.2, 0.25) is 0 Å². The average Bonchev–Trinajstić information content (AvgIpc) is 3.24. The second kappa shape index (κ2) is 6.55. The molecule has 6 nitrogen and oxygen atoms in total. The minimum absolute atomic E-state index is 0.112. The third-order valence-electron chi connectivity index (χ3n) is 4.78. The van der Waals surface area contributed by atoms with E-state index in [0.29, 0.717) is 11.8 Å². The van der Waals surface area contributed by atoms with Gasteiger partial charge in [-0.15, -0.1) is 11.8 Å². The number of carbonyl (C=O) groups is 1. The fraction of sp³-hybridized carbons (Fsp3) is 0.389. The van der Waals surface area contributed by atoms with Gasteiger partial charge in [-0.25, -0.2) is 0 Å². The Hall–Kier alpha value is -2.28. The summed E-state index contributed by atoms with van der Waals surface area (Å²) in [5.41, 5.74) is 6.54. The fourth-order valence-electron chi connectivity index (χ4n) is 3.40. The van der Waals surface area contributed by atoms with Crippen LogP contribution in [-0.2, 0) is 24.8 Å². The van der Waals surface area contributed by atoms with Gasteiger partial charge < -0.3 is 10.2 Å². The molecule has 3 heterocycles. The lowest BCUT2D eigenvalue weighted by molar-refractivity contribution is -0.129. The summed E-state index contributed by atoms with van der Waals surface area (Å²) in [6, 6.07) is 8.42. The fourth-order valence-corrected chi connectivity index (χ4v) is 4.19. The van der Waals surface area contributed by atoms with E-state index in [0.717, 1.165) is 36.6 Å². The topological polar surface area (TPSA) is 62.5 Å². The number of aliphatic imine (C=N–C) groups is 1. The first kappa shape index (κ1) is 16.2. The summed E-state index contributed by atoms with van der Waals surface area (Å²) in [5.74, 6) is 0.955. The van der Waals surface area contributed by atoms with E-state index in [1.807, 2.05) is 22.2 Å². The SMILES string of the molecule is CC(=O)N1CCc2c(c(Nc3cccc(C4CN=CS4)c3)nn2C)C1. The first-order valence-electron chi connectivity index (χ1n) is 8.43. The van der Waals surface area contributed by atoms with E-state index in [4.69, 9.17) is 0 Å². The molecule has 2 aliphatic rings. The molecule has 7 heteroatoms. The molecule has 1 N–H and O–H groups in total. The van der Waals surface area contributed by atoms with Crippen molar-refractivity contribution in [2.24, 2.45) is 12.0 Å². The first-order chi connectivity index (χ1) is 12.1.